The molecule has 114 valence electrons. The molecule has 0 aromatic heterocycles. The molecule has 1 unspecified atom stereocenters. The Morgan fingerprint density at radius 1 is 1.48 bits per heavy atom. The second kappa shape index (κ2) is 7.42. The van der Waals surface area contributed by atoms with Crippen LogP contribution >= 0.6 is 11.8 Å². The van der Waals surface area contributed by atoms with E-state index in [0.29, 0.717) is 11.4 Å². The third-order valence-electron chi connectivity index (χ3n) is 3.07. The SMILES string of the molecule is COC(=O)C1CN(C(=O)CSc2ccccc2F)CCO1. The van der Waals surface area contributed by atoms with Crippen LogP contribution in [-0.4, -0.2) is 55.4 Å². The van der Waals surface area contributed by atoms with E-state index in [1.807, 2.05) is 0 Å². The van der Waals surface area contributed by atoms with E-state index < -0.39 is 12.1 Å². The van der Waals surface area contributed by atoms with Crippen LogP contribution in [0.5, 0.6) is 0 Å². The second-order valence-corrected chi connectivity index (χ2v) is 5.46. The van der Waals surface area contributed by atoms with Crippen molar-refractivity contribution in [2.24, 2.45) is 0 Å². The Morgan fingerprint density at radius 2 is 2.24 bits per heavy atom. The molecule has 1 atom stereocenters. The number of nitrogens with zero attached hydrogens (tertiary/aromatic N) is 1. The van der Waals surface area contributed by atoms with Crippen molar-refractivity contribution >= 4 is 23.6 Å². The monoisotopic (exact) mass is 313 g/mol. The van der Waals surface area contributed by atoms with Gasteiger partial charge in [0, 0.05) is 11.4 Å². The topological polar surface area (TPSA) is 55.8 Å². The summed E-state index contributed by atoms with van der Waals surface area (Å²) in [6, 6.07) is 6.31. The first-order valence-corrected chi connectivity index (χ1v) is 7.45. The van der Waals surface area contributed by atoms with Crippen molar-refractivity contribution in [1.82, 2.24) is 4.90 Å². The predicted octanol–water partition coefficient (Wildman–Crippen LogP) is 1.32. The predicted molar refractivity (Wildman–Crippen MR) is 75.5 cm³/mol. The van der Waals surface area contributed by atoms with Crippen molar-refractivity contribution in [3.63, 3.8) is 0 Å². The molecule has 0 saturated carbocycles. The summed E-state index contributed by atoms with van der Waals surface area (Å²) in [6.07, 6.45) is -0.744. The van der Waals surface area contributed by atoms with Crippen LogP contribution in [0.25, 0.3) is 0 Å². The largest absolute Gasteiger partial charge is 0.467 e. The van der Waals surface area contributed by atoms with Crippen LogP contribution in [0.3, 0.4) is 0 Å². The first-order valence-electron chi connectivity index (χ1n) is 6.46. The van der Waals surface area contributed by atoms with Crippen LogP contribution < -0.4 is 0 Å². The lowest BCUT2D eigenvalue weighted by Crippen LogP contribution is -2.49. The van der Waals surface area contributed by atoms with E-state index in [0.717, 1.165) is 11.8 Å². The summed E-state index contributed by atoms with van der Waals surface area (Å²) in [6.45, 7) is 0.878. The average molecular weight is 313 g/mol. The van der Waals surface area contributed by atoms with Crippen molar-refractivity contribution in [2.75, 3.05) is 32.6 Å². The van der Waals surface area contributed by atoms with E-state index in [-0.39, 0.29) is 30.6 Å². The van der Waals surface area contributed by atoms with E-state index in [9.17, 15) is 14.0 Å². The van der Waals surface area contributed by atoms with E-state index >= 15 is 0 Å². The maximum atomic E-state index is 13.5. The third-order valence-corrected chi connectivity index (χ3v) is 4.10. The fraction of sp³-hybridized carbons (Fsp3) is 0.429. The van der Waals surface area contributed by atoms with Crippen molar-refractivity contribution in [3.8, 4) is 0 Å². The average Bonchev–Trinajstić information content (AvgIpc) is 2.53. The molecule has 1 aromatic rings. The molecule has 1 heterocycles. The first-order chi connectivity index (χ1) is 10.1. The van der Waals surface area contributed by atoms with Crippen LogP contribution in [0.1, 0.15) is 0 Å². The lowest BCUT2D eigenvalue weighted by molar-refractivity contribution is -0.161. The van der Waals surface area contributed by atoms with Gasteiger partial charge >= 0.3 is 5.97 Å². The van der Waals surface area contributed by atoms with Gasteiger partial charge in [-0.15, -0.1) is 11.8 Å². The number of methoxy groups -OCH3 is 1. The molecular weight excluding hydrogens is 297 g/mol. The Balaban J connectivity index is 1.88. The maximum absolute atomic E-state index is 13.5. The van der Waals surface area contributed by atoms with Crippen LogP contribution in [0.2, 0.25) is 0 Å². The highest BCUT2D eigenvalue weighted by Gasteiger charge is 2.29. The molecule has 7 heteroatoms. The van der Waals surface area contributed by atoms with Crippen molar-refractivity contribution < 1.29 is 23.5 Å². The van der Waals surface area contributed by atoms with Gasteiger partial charge in [0.05, 0.1) is 26.0 Å². The molecule has 0 bridgehead atoms. The van der Waals surface area contributed by atoms with Gasteiger partial charge in [-0.2, -0.15) is 0 Å². The molecule has 1 amide bonds. The molecular formula is C14H16FNO4S. The minimum atomic E-state index is -0.744. The first kappa shape index (κ1) is 15.8. The van der Waals surface area contributed by atoms with Gasteiger partial charge in [-0.1, -0.05) is 12.1 Å². The van der Waals surface area contributed by atoms with Gasteiger partial charge in [0.1, 0.15) is 5.82 Å². The van der Waals surface area contributed by atoms with E-state index in [1.54, 1.807) is 23.1 Å². The maximum Gasteiger partial charge on any atom is 0.336 e. The molecule has 1 fully saturated rings. The highest BCUT2D eigenvalue weighted by Crippen LogP contribution is 2.21. The van der Waals surface area contributed by atoms with Gasteiger partial charge in [0.2, 0.25) is 5.91 Å². The number of rotatable bonds is 4. The normalized spacial score (nSPS) is 18.4. The third kappa shape index (κ3) is 4.18. The smallest absolute Gasteiger partial charge is 0.336 e. The number of morpholine rings is 1. The summed E-state index contributed by atoms with van der Waals surface area (Å²) in [5, 5.41) is 0. The summed E-state index contributed by atoms with van der Waals surface area (Å²) in [5.41, 5.74) is 0. The van der Waals surface area contributed by atoms with Crippen LogP contribution in [0.4, 0.5) is 4.39 Å². The number of hydrogen-bond donors (Lipinski definition) is 0. The number of amides is 1. The van der Waals surface area contributed by atoms with Gasteiger partial charge in [-0.25, -0.2) is 9.18 Å². The standard InChI is InChI=1S/C14H16FNO4S/c1-19-14(18)11-8-16(6-7-20-11)13(17)9-21-12-5-3-2-4-10(12)15/h2-5,11H,6-9H2,1H3. The molecule has 0 spiro atoms. The number of hydrogen-bond acceptors (Lipinski definition) is 5. The Morgan fingerprint density at radius 3 is 2.95 bits per heavy atom. The minimum absolute atomic E-state index is 0.120. The Hall–Kier alpha value is -1.60. The number of carbonyl (C=O) groups excluding carboxylic acids is 2. The second-order valence-electron chi connectivity index (χ2n) is 4.44. The van der Waals surface area contributed by atoms with Gasteiger partial charge < -0.3 is 14.4 Å². The number of thioether (sulfide) groups is 1. The lowest BCUT2D eigenvalue weighted by Gasteiger charge is -2.31. The summed E-state index contributed by atoms with van der Waals surface area (Å²) >= 11 is 1.14. The molecule has 1 aromatic carbocycles. The van der Waals surface area contributed by atoms with Crippen LogP contribution in [0.15, 0.2) is 29.2 Å². The zero-order chi connectivity index (χ0) is 15.2. The van der Waals surface area contributed by atoms with E-state index in [2.05, 4.69) is 4.74 Å². The lowest BCUT2D eigenvalue weighted by atomic mass is 10.2. The molecule has 2 rings (SSSR count). The van der Waals surface area contributed by atoms with Gasteiger partial charge in [-0.05, 0) is 12.1 Å². The quantitative estimate of drug-likeness (QED) is 0.620. The number of ether oxygens (including phenoxy) is 2. The van der Waals surface area contributed by atoms with Crippen molar-refractivity contribution in [2.45, 2.75) is 11.0 Å². The molecule has 1 aliphatic rings. The number of esters is 1. The molecule has 0 aliphatic carbocycles. The van der Waals surface area contributed by atoms with E-state index in [4.69, 9.17) is 4.74 Å². The molecule has 5 nitrogen and oxygen atoms in total. The summed E-state index contributed by atoms with van der Waals surface area (Å²) in [7, 11) is 1.28. The minimum Gasteiger partial charge on any atom is -0.467 e. The van der Waals surface area contributed by atoms with Gasteiger partial charge in [-0.3, -0.25) is 4.79 Å². The number of benzene rings is 1. The van der Waals surface area contributed by atoms with Crippen LogP contribution in [0, 0.1) is 5.82 Å². The summed E-state index contributed by atoms with van der Waals surface area (Å²) < 4.78 is 23.3. The molecule has 1 saturated heterocycles. The highest BCUT2D eigenvalue weighted by atomic mass is 32.2. The fourth-order valence-electron chi connectivity index (χ4n) is 1.94. The summed E-state index contributed by atoms with van der Waals surface area (Å²) in [4.78, 5) is 25.5. The van der Waals surface area contributed by atoms with Crippen molar-refractivity contribution in [3.05, 3.63) is 30.1 Å². The van der Waals surface area contributed by atoms with Crippen molar-refractivity contribution in [1.29, 1.82) is 0 Å². The summed E-state index contributed by atoms with van der Waals surface area (Å²) in [5.74, 6) is -0.867. The Kier molecular flexibility index (Phi) is 5.58. The van der Waals surface area contributed by atoms with Crippen LogP contribution in [-0.2, 0) is 19.1 Å². The number of halogens is 1. The fourth-order valence-corrected chi connectivity index (χ4v) is 2.78. The Bertz CT molecular complexity index is 525. The molecule has 21 heavy (non-hydrogen) atoms. The number of carbonyl (C=O) groups is 2. The highest BCUT2D eigenvalue weighted by molar-refractivity contribution is 8.00. The van der Waals surface area contributed by atoms with Gasteiger partial charge in [0.15, 0.2) is 6.10 Å². The molecule has 1 aliphatic heterocycles. The molecule has 0 N–H and O–H groups in total. The van der Waals surface area contributed by atoms with E-state index in [1.165, 1.54) is 13.2 Å². The Labute approximate surface area is 126 Å². The zero-order valence-corrected chi connectivity index (χ0v) is 12.4. The van der Waals surface area contributed by atoms with Gasteiger partial charge in [0.25, 0.3) is 0 Å². The molecule has 0 radical (unpaired) electrons. The zero-order valence-electron chi connectivity index (χ0n) is 11.6.